The Labute approximate surface area is 118 Å². The second-order valence-electron chi connectivity index (χ2n) is 5.44. The molecule has 20 heavy (non-hydrogen) atoms. The first kappa shape index (κ1) is 13.1. The van der Waals surface area contributed by atoms with E-state index in [2.05, 4.69) is 18.2 Å². The molecule has 0 saturated heterocycles. The minimum absolute atomic E-state index is 0.0457. The number of hydrogen-bond acceptors (Lipinski definition) is 2. The van der Waals surface area contributed by atoms with Crippen LogP contribution in [-0.4, -0.2) is 12.6 Å². The van der Waals surface area contributed by atoms with Gasteiger partial charge in [0.05, 0.1) is 0 Å². The summed E-state index contributed by atoms with van der Waals surface area (Å²) in [5, 5.41) is 0. The van der Waals surface area contributed by atoms with Crippen LogP contribution >= 0.6 is 0 Å². The van der Waals surface area contributed by atoms with Crippen LogP contribution in [-0.2, 0) is 6.42 Å². The lowest BCUT2D eigenvalue weighted by Gasteiger charge is -2.13. The number of aryl methyl sites for hydroxylation is 2. The molecule has 3 heteroatoms. The number of hydrogen-bond donors (Lipinski definition) is 1. The number of halogens is 1. The van der Waals surface area contributed by atoms with Crippen molar-refractivity contribution in [2.24, 2.45) is 5.73 Å². The van der Waals surface area contributed by atoms with Crippen molar-refractivity contribution in [3.8, 4) is 16.9 Å². The lowest BCUT2D eigenvalue weighted by molar-refractivity contribution is 0.242. The van der Waals surface area contributed by atoms with Crippen molar-refractivity contribution < 1.29 is 9.13 Å². The fourth-order valence-corrected chi connectivity index (χ4v) is 2.75. The fourth-order valence-electron chi connectivity index (χ4n) is 2.75. The lowest BCUT2D eigenvalue weighted by Crippen LogP contribution is -2.24. The van der Waals surface area contributed by atoms with Crippen LogP contribution < -0.4 is 10.5 Å². The average Bonchev–Trinajstić information content (AvgIpc) is 2.83. The molecule has 104 valence electrons. The zero-order valence-corrected chi connectivity index (χ0v) is 11.7. The smallest absolute Gasteiger partial charge is 0.131 e. The van der Waals surface area contributed by atoms with E-state index in [-0.39, 0.29) is 11.9 Å². The van der Waals surface area contributed by atoms with Crippen LogP contribution in [0.15, 0.2) is 30.3 Å². The van der Waals surface area contributed by atoms with E-state index >= 15 is 0 Å². The molecule has 0 fully saturated rings. The SMILES string of the molecule is Cc1ccc(C)c(-c2cc(F)cc3c2OC(CN)C3)c1. The number of rotatable bonds is 2. The lowest BCUT2D eigenvalue weighted by atomic mass is 9.95. The minimum atomic E-state index is -0.221. The first-order valence-electron chi connectivity index (χ1n) is 6.85. The number of nitrogens with two attached hydrogens (primary N) is 1. The highest BCUT2D eigenvalue weighted by atomic mass is 19.1. The molecule has 0 saturated carbocycles. The van der Waals surface area contributed by atoms with E-state index in [0.717, 1.165) is 33.6 Å². The molecule has 0 spiro atoms. The van der Waals surface area contributed by atoms with E-state index in [4.69, 9.17) is 10.5 Å². The highest BCUT2D eigenvalue weighted by molar-refractivity contribution is 5.76. The maximum absolute atomic E-state index is 13.9. The summed E-state index contributed by atoms with van der Waals surface area (Å²) < 4.78 is 19.8. The summed E-state index contributed by atoms with van der Waals surface area (Å²) in [6.07, 6.45) is 0.636. The first-order chi connectivity index (χ1) is 9.58. The molecule has 1 unspecified atom stereocenters. The zero-order valence-electron chi connectivity index (χ0n) is 11.7. The number of fused-ring (bicyclic) bond motifs is 1. The van der Waals surface area contributed by atoms with Crippen LogP contribution in [0.1, 0.15) is 16.7 Å². The molecule has 0 aromatic heterocycles. The van der Waals surface area contributed by atoms with Crippen molar-refractivity contribution in [3.05, 3.63) is 52.8 Å². The van der Waals surface area contributed by atoms with Gasteiger partial charge in [-0.2, -0.15) is 0 Å². The Bertz CT molecular complexity index is 666. The van der Waals surface area contributed by atoms with E-state index in [1.165, 1.54) is 0 Å². The maximum atomic E-state index is 13.9. The minimum Gasteiger partial charge on any atom is -0.488 e. The third kappa shape index (κ3) is 2.18. The maximum Gasteiger partial charge on any atom is 0.131 e. The molecule has 1 atom stereocenters. The molecule has 1 aliphatic heterocycles. The van der Waals surface area contributed by atoms with Gasteiger partial charge < -0.3 is 10.5 Å². The van der Waals surface area contributed by atoms with Gasteiger partial charge in [0.15, 0.2) is 0 Å². The first-order valence-corrected chi connectivity index (χ1v) is 6.85. The second-order valence-corrected chi connectivity index (χ2v) is 5.44. The van der Waals surface area contributed by atoms with Gasteiger partial charge in [0.1, 0.15) is 17.7 Å². The topological polar surface area (TPSA) is 35.2 Å². The van der Waals surface area contributed by atoms with Gasteiger partial charge in [-0.05, 0) is 37.1 Å². The molecular formula is C17H18FNO. The molecular weight excluding hydrogens is 253 g/mol. The van der Waals surface area contributed by atoms with Gasteiger partial charge in [0, 0.05) is 24.1 Å². The highest BCUT2D eigenvalue weighted by Gasteiger charge is 2.26. The third-order valence-corrected chi connectivity index (χ3v) is 3.81. The summed E-state index contributed by atoms with van der Waals surface area (Å²) in [5.41, 5.74) is 10.7. The molecule has 2 N–H and O–H groups in total. The summed E-state index contributed by atoms with van der Waals surface area (Å²) >= 11 is 0. The van der Waals surface area contributed by atoms with Crippen LogP contribution in [0.3, 0.4) is 0 Å². The van der Waals surface area contributed by atoms with Crippen molar-refractivity contribution >= 4 is 0 Å². The van der Waals surface area contributed by atoms with Crippen LogP contribution in [0.4, 0.5) is 4.39 Å². The van der Waals surface area contributed by atoms with Crippen LogP contribution in [0.2, 0.25) is 0 Å². The summed E-state index contributed by atoms with van der Waals surface area (Å²) in [6.45, 7) is 4.51. The zero-order chi connectivity index (χ0) is 14.3. The molecule has 0 bridgehead atoms. The van der Waals surface area contributed by atoms with E-state index < -0.39 is 0 Å². The standard InChI is InChI=1S/C17H18FNO/c1-10-3-4-11(2)15(5-10)16-8-13(18)6-12-7-14(9-19)20-17(12)16/h3-6,8,14H,7,9,19H2,1-2H3. The monoisotopic (exact) mass is 271 g/mol. The van der Waals surface area contributed by atoms with Gasteiger partial charge in [0.2, 0.25) is 0 Å². The Kier molecular flexibility index (Phi) is 3.22. The molecule has 1 heterocycles. The summed E-state index contributed by atoms with van der Waals surface area (Å²) in [4.78, 5) is 0. The average molecular weight is 271 g/mol. The quantitative estimate of drug-likeness (QED) is 0.909. The number of benzene rings is 2. The van der Waals surface area contributed by atoms with Gasteiger partial charge >= 0.3 is 0 Å². The molecule has 0 amide bonds. The van der Waals surface area contributed by atoms with E-state index in [9.17, 15) is 4.39 Å². The van der Waals surface area contributed by atoms with Gasteiger partial charge in [-0.25, -0.2) is 4.39 Å². The van der Waals surface area contributed by atoms with Crippen molar-refractivity contribution in [2.45, 2.75) is 26.4 Å². The summed E-state index contributed by atoms with van der Waals surface area (Å²) in [7, 11) is 0. The molecule has 1 aliphatic rings. The van der Waals surface area contributed by atoms with Crippen LogP contribution in [0, 0.1) is 19.7 Å². The highest BCUT2D eigenvalue weighted by Crippen LogP contribution is 2.40. The number of ether oxygens (including phenoxy) is 1. The molecule has 0 radical (unpaired) electrons. The molecule has 2 aromatic carbocycles. The van der Waals surface area contributed by atoms with Gasteiger partial charge in [-0.1, -0.05) is 23.8 Å². The van der Waals surface area contributed by atoms with Crippen LogP contribution in [0.5, 0.6) is 5.75 Å². The normalized spacial score (nSPS) is 16.9. The Hall–Kier alpha value is -1.87. The Balaban J connectivity index is 2.18. The van der Waals surface area contributed by atoms with E-state index in [1.54, 1.807) is 12.1 Å². The van der Waals surface area contributed by atoms with E-state index in [1.807, 2.05) is 13.8 Å². The molecule has 2 aromatic rings. The van der Waals surface area contributed by atoms with Crippen molar-refractivity contribution in [1.29, 1.82) is 0 Å². The summed E-state index contributed by atoms with van der Waals surface area (Å²) in [5.74, 6) is 0.566. The van der Waals surface area contributed by atoms with Gasteiger partial charge in [-0.15, -0.1) is 0 Å². The molecule has 2 nitrogen and oxygen atoms in total. The molecule has 3 rings (SSSR count). The second kappa shape index (κ2) is 4.91. The third-order valence-electron chi connectivity index (χ3n) is 3.81. The predicted molar refractivity (Wildman–Crippen MR) is 78.5 cm³/mol. The van der Waals surface area contributed by atoms with Crippen molar-refractivity contribution in [2.75, 3.05) is 6.54 Å². The van der Waals surface area contributed by atoms with Crippen molar-refractivity contribution in [1.82, 2.24) is 0 Å². The predicted octanol–water partition coefficient (Wildman–Crippen LogP) is 3.37. The van der Waals surface area contributed by atoms with E-state index in [0.29, 0.717) is 13.0 Å². The Morgan fingerprint density at radius 2 is 2.00 bits per heavy atom. The van der Waals surface area contributed by atoms with Gasteiger partial charge in [0.25, 0.3) is 0 Å². The molecule has 0 aliphatic carbocycles. The van der Waals surface area contributed by atoms with Crippen LogP contribution in [0.25, 0.3) is 11.1 Å². The Morgan fingerprint density at radius 1 is 1.20 bits per heavy atom. The Morgan fingerprint density at radius 3 is 2.75 bits per heavy atom. The largest absolute Gasteiger partial charge is 0.488 e. The summed E-state index contributed by atoms with van der Waals surface area (Å²) in [6, 6.07) is 9.29. The fraction of sp³-hybridized carbons (Fsp3) is 0.294. The van der Waals surface area contributed by atoms with Crippen molar-refractivity contribution in [3.63, 3.8) is 0 Å². The van der Waals surface area contributed by atoms with Gasteiger partial charge in [-0.3, -0.25) is 0 Å².